The summed E-state index contributed by atoms with van der Waals surface area (Å²) in [7, 11) is -3.57. The molecule has 1 aliphatic heterocycles. The molecule has 0 fully saturated rings. The average molecular weight is 407 g/mol. The van der Waals surface area contributed by atoms with Crippen LogP contribution in [0, 0.1) is 6.92 Å². The first-order valence-electron chi connectivity index (χ1n) is 10.0. The van der Waals surface area contributed by atoms with E-state index in [1.165, 1.54) is 11.3 Å². The standard InChI is InChI=1S/C24H26N2O2S/c1-19-13-15-22(16-14-19)29(27,28)25-18-24(21-8-3-2-4-9-21)26-17-7-11-20-10-5-6-12-23(20)26/h2-6,8-10,12-16,24-25H,7,11,17-18H2,1H3/t24-/m1/s1. The Bertz CT molecular complexity index is 1060. The van der Waals surface area contributed by atoms with E-state index in [2.05, 4.69) is 46.0 Å². The lowest BCUT2D eigenvalue weighted by Gasteiger charge is -2.38. The van der Waals surface area contributed by atoms with Crippen LogP contribution in [0.5, 0.6) is 0 Å². The number of anilines is 1. The van der Waals surface area contributed by atoms with Gasteiger partial charge in [-0.1, -0.05) is 66.2 Å². The molecule has 150 valence electrons. The van der Waals surface area contributed by atoms with Gasteiger partial charge in [-0.2, -0.15) is 0 Å². The number of nitrogens with one attached hydrogen (secondary N) is 1. The van der Waals surface area contributed by atoms with Gasteiger partial charge in [-0.15, -0.1) is 0 Å². The summed E-state index contributed by atoms with van der Waals surface area (Å²) in [6, 6.07) is 25.5. The highest BCUT2D eigenvalue weighted by molar-refractivity contribution is 7.89. The van der Waals surface area contributed by atoms with Crippen LogP contribution in [0.15, 0.2) is 83.8 Å². The summed E-state index contributed by atoms with van der Waals surface area (Å²) in [5.74, 6) is 0. The molecule has 0 bridgehead atoms. The maximum Gasteiger partial charge on any atom is 0.240 e. The quantitative estimate of drug-likeness (QED) is 0.657. The Balaban J connectivity index is 1.64. The van der Waals surface area contributed by atoms with Gasteiger partial charge in [-0.3, -0.25) is 0 Å². The van der Waals surface area contributed by atoms with Gasteiger partial charge >= 0.3 is 0 Å². The van der Waals surface area contributed by atoms with Crippen LogP contribution < -0.4 is 9.62 Å². The third kappa shape index (κ3) is 4.36. The first-order valence-corrected chi connectivity index (χ1v) is 11.5. The number of hydrogen-bond acceptors (Lipinski definition) is 3. The van der Waals surface area contributed by atoms with Gasteiger partial charge in [-0.25, -0.2) is 13.1 Å². The lowest BCUT2D eigenvalue weighted by atomic mass is 9.97. The fourth-order valence-corrected chi connectivity index (χ4v) is 5.00. The van der Waals surface area contributed by atoms with Gasteiger partial charge in [0.2, 0.25) is 10.0 Å². The van der Waals surface area contributed by atoms with Gasteiger partial charge in [0.1, 0.15) is 0 Å². The lowest BCUT2D eigenvalue weighted by molar-refractivity contribution is 0.546. The van der Waals surface area contributed by atoms with E-state index >= 15 is 0 Å². The molecule has 3 aromatic carbocycles. The van der Waals surface area contributed by atoms with Gasteiger partial charge < -0.3 is 4.90 Å². The van der Waals surface area contributed by atoms with Crippen LogP contribution in [0.25, 0.3) is 0 Å². The molecule has 4 nitrogen and oxygen atoms in total. The van der Waals surface area contributed by atoms with E-state index in [0.29, 0.717) is 11.4 Å². The number of para-hydroxylation sites is 1. The van der Waals surface area contributed by atoms with Crippen molar-refractivity contribution >= 4 is 15.7 Å². The van der Waals surface area contributed by atoms with Gasteiger partial charge in [0.25, 0.3) is 0 Å². The zero-order valence-corrected chi connectivity index (χ0v) is 17.4. The highest BCUT2D eigenvalue weighted by Crippen LogP contribution is 2.34. The monoisotopic (exact) mass is 406 g/mol. The lowest BCUT2D eigenvalue weighted by Crippen LogP contribution is -2.40. The Kier molecular flexibility index (Phi) is 5.69. The molecule has 0 amide bonds. The van der Waals surface area contributed by atoms with Crippen LogP contribution in [0.1, 0.15) is 29.2 Å². The first-order chi connectivity index (χ1) is 14.0. The van der Waals surface area contributed by atoms with Crippen LogP contribution in [-0.4, -0.2) is 21.5 Å². The van der Waals surface area contributed by atoms with Crippen molar-refractivity contribution in [2.75, 3.05) is 18.0 Å². The highest BCUT2D eigenvalue weighted by Gasteiger charge is 2.27. The van der Waals surface area contributed by atoms with Crippen molar-refractivity contribution in [2.24, 2.45) is 0 Å². The van der Waals surface area contributed by atoms with Crippen molar-refractivity contribution in [3.63, 3.8) is 0 Å². The average Bonchev–Trinajstić information content (AvgIpc) is 2.75. The summed E-state index contributed by atoms with van der Waals surface area (Å²) >= 11 is 0. The number of aryl methyl sites for hydroxylation is 2. The molecule has 1 heterocycles. The summed E-state index contributed by atoms with van der Waals surface area (Å²) in [6.45, 7) is 3.17. The normalized spacial score (nSPS) is 15.0. The van der Waals surface area contributed by atoms with Crippen molar-refractivity contribution in [1.82, 2.24) is 4.72 Å². The molecule has 0 aromatic heterocycles. The van der Waals surface area contributed by atoms with E-state index in [4.69, 9.17) is 0 Å². The third-order valence-corrected chi connectivity index (χ3v) is 6.94. The maximum absolute atomic E-state index is 12.9. The number of sulfonamides is 1. The zero-order chi connectivity index (χ0) is 20.3. The van der Waals surface area contributed by atoms with Crippen molar-refractivity contribution in [3.8, 4) is 0 Å². The van der Waals surface area contributed by atoms with Crippen molar-refractivity contribution < 1.29 is 8.42 Å². The number of benzene rings is 3. The predicted octanol–water partition coefficient (Wildman–Crippen LogP) is 4.47. The minimum atomic E-state index is -3.57. The van der Waals surface area contributed by atoms with Crippen molar-refractivity contribution in [2.45, 2.75) is 30.7 Å². The third-order valence-electron chi connectivity index (χ3n) is 5.50. The highest BCUT2D eigenvalue weighted by atomic mass is 32.2. The molecule has 0 saturated heterocycles. The van der Waals surface area contributed by atoms with E-state index in [1.54, 1.807) is 12.1 Å². The number of rotatable bonds is 6. The smallest absolute Gasteiger partial charge is 0.240 e. The summed E-state index contributed by atoms with van der Waals surface area (Å²) in [6.07, 6.45) is 2.12. The zero-order valence-electron chi connectivity index (χ0n) is 16.6. The molecule has 0 saturated carbocycles. The largest absolute Gasteiger partial charge is 0.363 e. The molecular formula is C24H26N2O2S. The van der Waals surface area contributed by atoms with Crippen molar-refractivity contribution in [1.29, 1.82) is 0 Å². The second-order valence-corrected chi connectivity index (χ2v) is 9.28. The van der Waals surface area contributed by atoms with Gasteiger partial charge in [0.05, 0.1) is 10.9 Å². The Labute approximate surface area is 173 Å². The molecule has 0 spiro atoms. The molecule has 0 unspecified atom stereocenters. The predicted molar refractivity (Wildman–Crippen MR) is 118 cm³/mol. The van der Waals surface area contributed by atoms with Gasteiger partial charge in [0.15, 0.2) is 0 Å². The topological polar surface area (TPSA) is 49.4 Å². The Hall–Kier alpha value is -2.63. The Morgan fingerprint density at radius 1 is 0.931 bits per heavy atom. The SMILES string of the molecule is Cc1ccc(S(=O)(=O)NC[C@H](c2ccccc2)N2CCCc3ccccc32)cc1. The summed E-state index contributed by atoms with van der Waals surface area (Å²) in [5.41, 5.74) is 4.66. The molecular weight excluding hydrogens is 380 g/mol. The van der Waals surface area contributed by atoms with Crippen LogP contribution in [0.4, 0.5) is 5.69 Å². The Morgan fingerprint density at radius 3 is 2.38 bits per heavy atom. The summed E-state index contributed by atoms with van der Waals surface area (Å²) < 4.78 is 28.6. The van der Waals surface area contributed by atoms with Gasteiger partial charge in [0, 0.05) is 18.8 Å². The molecule has 29 heavy (non-hydrogen) atoms. The summed E-state index contributed by atoms with van der Waals surface area (Å²) in [4.78, 5) is 2.64. The minimum absolute atomic E-state index is 0.0714. The fourth-order valence-electron chi connectivity index (χ4n) is 3.96. The van der Waals surface area contributed by atoms with Crippen LogP contribution in [0.2, 0.25) is 0 Å². The van der Waals surface area contributed by atoms with Crippen LogP contribution in [0.3, 0.4) is 0 Å². The molecule has 1 N–H and O–H groups in total. The van der Waals surface area contributed by atoms with E-state index < -0.39 is 10.0 Å². The molecule has 5 heteroatoms. The van der Waals surface area contributed by atoms with E-state index in [9.17, 15) is 8.42 Å². The minimum Gasteiger partial charge on any atom is -0.363 e. The van der Waals surface area contributed by atoms with E-state index in [0.717, 1.165) is 30.5 Å². The number of nitrogens with zero attached hydrogens (tertiary/aromatic N) is 1. The molecule has 1 aliphatic rings. The first kappa shape index (κ1) is 19.7. The number of fused-ring (bicyclic) bond motifs is 1. The number of hydrogen-bond donors (Lipinski definition) is 1. The Morgan fingerprint density at radius 2 is 1.62 bits per heavy atom. The molecule has 1 atom stereocenters. The van der Waals surface area contributed by atoms with Crippen LogP contribution in [-0.2, 0) is 16.4 Å². The maximum atomic E-state index is 12.9. The second kappa shape index (κ2) is 8.39. The second-order valence-electron chi connectivity index (χ2n) is 7.52. The van der Waals surface area contributed by atoms with E-state index in [-0.39, 0.29) is 6.04 Å². The molecule has 3 aromatic rings. The van der Waals surface area contributed by atoms with E-state index in [1.807, 2.05) is 37.3 Å². The molecule has 4 rings (SSSR count). The summed E-state index contributed by atoms with van der Waals surface area (Å²) in [5, 5.41) is 0. The molecule has 0 radical (unpaired) electrons. The van der Waals surface area contributed by atoms with Crippen LogP contribution >= 0.6 is 0 Å². The fraction of sp³-hybridized carbons (Fsp3) is 0.250. The molecule has 0 aliphatic carbocycles. The van der Waals surface area contributed by atoms with Crippen molar-refractivity contribution in [3.05, 3.63) is 95.6 Å². The van der Waals surface area contributed by atoms with Gasteiger partial charge in [-0.05, 0) is 49.1 Å².